The average molecular weight is 464 g/mol. The molecule has 0 atom stereocenters. The first-order valence-electron chi connectivity index (χ1n) is 9.66. The van der Waals surface area contributed by atoms with Crippen LogP contribution in [-0.4, -0.2) is 42.5 Å². The van der Waals surface area contributed by atoms with Gasteiger partial charge in [0.05, 0.1) is 18.5 Å². The van der Waals surface area contributed by atoms with Gasteiger partial charge in [-0.05, 0) is 28.5 Å². The van der Waals surface area contributed by atoms with Gasteiger partial charge in [0.2, 0.25) is 11.7 Å². The average Bonchev–Trinajstić information content (AvgIpc) is 3.24. The number of tetrazole rings is 1. The normalized spacial score (nSPS) is 11.6. The number of carboxylic acid groups (broad SMARTS) is 1. The zero-order chi connectivity index (χ0) is 23.7. The second-order valence-corrected chi connectivity index (χ2v) is 6.70. The van der Waals surface area contributed by atoms with Crippen LogP contribution in [0.4, 0.5) is 13.2 Å². The number of aromatic nitrogens is 5. The van der Waals surface area contributed by atoms with Crippen LogP contribution in [0.15, 0.2) is 47.8 Å². The molecular formula is C20H19F3N6O4. The summed E-state index contributed by atoms with van der Waals surface area (Å²) in [5.74, 6) is -0.315. The predicted molar refractivity (Wildman–Crippen MR) is 107 cm³/mol. The number of hydrogen-bond donors (Lipinski definition) is 1. The van der Waals surface area contributed by atoms with E-state index in [1.165, 1.54) is 23.1 Å². The van der Waals surface area contributed by atoms with E-state index >= 15 is 0 Å². The Kier molecular flexibility index (Phi) is 7.89. The maximum atomic E-state index is 12.5. The molecule has 1 N–H and O–H groups in total. The molecule has 0 saturated heterocycles. The fourth-order valence-corrected chi connectivity index (χ4v) is 2.48. The Balaban J connectivity index is 1.38. The highest BCUT2D eigenvalue weighted by molar-refractivity contribution is 5.66. The topological polar surface area (TPSA) is 125 Å². The van der Waals surface area contributed by atoms with Crippen molar-refractivity contribution in [2.24, 2.45) is 5.16 Å². The molecule has 0 amide bonds. The Morgan fingerprint density at radius 3 is 2.55 bits per heavy atom. The second kappa shape index (κ2) is 11.0. The molecule has 33 heavy (non-hydrogen) atoms. The minimum absolute atomic E-state index is 0.0265. The van der Waals surface area contributed by atoms with Crippen molar-refractivity contribution in [3.05, 3.63) is 65.1 Å². The Morgan fingerprint density at radius 2 is 1.88 bits per heavy atom. The molecule has 2 heterocycles. The molecule has 0 radical (unpaired) electrons. The summed E-state index contributed by atoms with van der Waals surface area (Å²) in [7, 11) is 0. The van der Waals surface area contributed by atoms with Gasteiger partial charge < -0.3 is 14.7 Å². The lowest BCUT2D eigenvalue weighted by molar-refractivity contribution is -0.138. The number of alkyl halides is 3. The molecule has 0 fully saturated rings. The fourth-order valence-electron chi connectivity index (χ4n) is 2.48. The maximum absolute atomic E-state index is 12.5. The number of nitrogens with zero attached hydrogens (tertiary/aromatic N) is 6. The van der Waals surface area contributed by atoms with Crippen molar-refractivity contribution in [1.82, 2.24) is 25.2 Å². The summed E-state index contributed by atoms with van der Waals surface area (Å²) in [6.07, 6.45) is -0.940. The summed E-state index contributed by atoms with van der Waals surface area (Å²) in [6.45, 7) is 0.193. The summed E-state index contributed by atoms with van der Waals surface area (Å²) in [5, 5.41) is 24.0. The SMILES string of the molecule is O=C(O)CCn1nnc(COc2ccc(CC=NOCc3ccc(C(F)(F)F)cc3)cn2)n1. The summed E-state index contributed by atoms with van der Waals surface area (Å²) in [5.41, 5.74) is 0.690. The van der Waals surface area contributed by atoms with Crippen LogP contribution < -0.4 is 4.74 Å². The van der Waals surface area contributed by atoms with Crippen LogP contribution in [0.1, 0.15) is 28.9 Å². The molecular weight excluding hydrogens is 445 g/mol. The number of oxime groups is 1. The van der Waals surface area contributed by atoms with Gasteiger partial charge in [-0.1, -0.05) is 23.4 Å². The van der Waals surface area contributed by atoms with E-state index in [0.717, 1.165) is 17.7 Å². The van der Waals surface area contributed by atoms with E-state index in [2.05, 4.69) is 25.6 Å². The van der Waals surface area contributed by atoms with E-state index in [-0.39, 0.29) is 26.2 Å². The number of pyridine rings is 1. The summed E-state index contributed by atoms with van der Waals surface area (Å²) >= 11 is 0. The Morgan fingerprint density at radius 1 is 1.12 bits per heavy atom. The summed E-state index contributed by atoms with van der Waals surface area (Å²) in [4.78, 5) is 21.0. The maximum Gasteiger partial charge on any atom is 0.416 e. The van der Waals surface area contributed by atoms with Gasteiger partial charge in [0.25, 0.3) is 0 Å². The van der Waals surface area contributed by atoms with Gasteiger partial charge in [0.15, 0.2) is 6.61 Å². The number of aryl methyl sites for hydroxylation is 1. The monoisotopic (exact) mass is 464 g/mol. The van der Waals surface area contributed by atoms with Gasteiger partial charge >= 0.3 is 12.1 Å². The molecule has 174 valence electrons. The van der Waals surface area contributed by atoms with Crippen LogP contribution in [0.2, 0.25) is 0 Å². The van der Waals surface area contributed by atoms with Crippen molar-refractivity contribution >= 4 is 12.2 Å². The summed E-state index contributed by atoms with van der Waals surface area (Å²) in [6, 6.07) is 8.10. The van der Waals surface area contributed by atoms with Crippen LogP contribution in [-0.2, 0) is 42.0 Å². The predicted octanol–water partition coefficient (Wildman–Crippen LogP) is 2.89. The van der Waals surface area contributed by atoms with Crippen LogP contribution in [0.3, 0.4) is 0 Å². The number of aliphatic carboxylic acids is 1. The van der Waals surface area contributed by atoms with Crippen molar-refractivity contribution in [2.45, 2.75) is 38.8 Å². The molecule has 0 unspecified atom stereocenters. The molecule has 2 aromatic heterocycles. The van der Waals surface area contributed by atoms with Gasteiger partial charge in [0.1, 0.15) is 6.61 Å². The third-order valence-electron chi connectivity index (χ3n) is 4.16. The number of rotatable bonds is 11. The lowest BCUT2D eigenvalue weighted by atomic mass is 10.1. The molecule has 10 nitrogen and oxygen atoms in total. The Hall–Kier alpha value is -4.03. The molecule has 13 heteroatoms. The van der Waals surface area contributed by atoms with Crippen molar-refractivity contribution in [2.75, 3.05) is 0 Å². The van der Waals surface area contributed by atoms with Gasteiger partial charge in [-0.15, -0.1) is 10.2 Å². The fraction of sp³-hybridized carbons (Fsp3) is 0.300. The lowest BCUT2D eigenvalue weighted by Gasteiger charge is -2.07. The third kappa shape index (κ3) is 7.87. The van der Waals surface area contributed by atoms with Gasteiger partial charge in [0, 0.05) is 24.9 Å². The molecule has 0 aliphatic carbocycles. The molecule has 0 bridgehead atoms. The quantitative estimate of drug-likeness (QED) is 0.339. The van der Waals surface area contributed by atoms with Crippen molar-refractivity contribution in [3.63, 3.8) is 0 Å². The van der Waals surface area contributed by atoms with Gasteiger partial charge in [-0.2, -0.15) is 18.0 Å². The molecule has 0 saturated carbocycles. The van der Waals surface area contributed by atoms with Crippen LogP contribution >= 0.6 is 0 Å². The smallest absolute Gasteiger partial charge is 0.416 e. The molecule has 3 aromatic rings. The Labute approximate surface area is 185 Å². The second-order valence-electron chi connectivity index (χ2n) is 6.70. The van der Waals surface area contributed by atoms with E-state index in [4.69, 9.17) is 14.7 Å². The highest BCUT2D eigenvalue weighted by atomic mass is 19.4. The van der Waals surface area contributed by atoms with E-state index in [1.54, 1.807) is 18.3 Å². The minimum Gasteiger partial charge on any atom is -0.481 e. The van der Waals surface area contributed by atoms with Gasteiger partial charge in [-0.3, -0.25) is 4.79 Å². The molecule has 0 aliphatic rings. The molecule has 3 rings (SSSR count). The van der Waals surface area contributed by atoms with Crippen molar-refractivity contribution < 1.29 is 32.6 Å². The number of ether oxygens (including phenoxy) is 1. The third-order valence-corrected chi connectivity index (χ3v) is 4.16. The Bertz CT molecular complexity index is 1070. The van der Waals surface area contributed by atoms with E-state index < -0.39 is 17.7 Å². The van der Waals surface area contributed by atoms with E-state index in [1.807, 2.05) is 0 Å². The molecule has 0 aliphatic heterocycles. The minimum atomic E-state index is -4.37. The van der Waals surface area contributed by atoms with Crippen LogP contribution in [0.25, 0.3) is 0 Å². The van der Waals surface area contributed by atoms with Gasteiger partial charge in [-0.25, -0.2) is 4.98 Å². The number of hydrogen-bond acceptors (Lipinski definition) is 8. The largest absolute Gasteiger partial charge is 0.481 e. The van der Waals surface area contributed by atoms with Crippen molar-refractivity contribution in [3.8, 4) is 5.88 Å². The number of carboxylic acids is 1. The standard InChI is InChI=1S/C20H19F3N6O4/c21-20(22,23)16-4-1-15(2-5-16)12-33-25-9-7-14-3-6-18(24-11-14)32-13-17-26-28-29(27-17)10-8-19(30)31/h1-6,9,11H,7-8,10,12-13H2,(H,30,31). The number of carbonyl (C=O) groups is 1. The highest BCUT2D eigenvalue weighted by Gasteiger charge is 2.29. The van der Waals surface area contributed by atoms with Crippen LogP contribution in [0, 0.1) is 0 Å². The lowest BCUT2D eigenvalue weighted by Crippen LogP contribution is -2.08. The molecule has 1 aromatic carbocycles. The first-order valence-corrected chi connectivity index (χ1v) is 9.66. The summed E-state index contributed by atoms with van der Waals surface area (Å²) < 4.78 is 43.1. The van der Waals surface area contributed by atoms with E-state index in [0.29, 0.717) is 23.7 Å². The zero-order valence-corrected chi connectivity index (χ0v) is 17.1. The van der Waals surface area contributed by atoms with Crippen molar-refractivity contribution in [1.29, 1.82) is 0 Å². The number of halogens is 3. The highest BCUT2D eigenvalue weighted by Crippen LogP contribution is 2.29. The zero-order valence-electron chi connectivity index (χ0n) is 17.1. The first-order chi connectivity index (χ1) is 15.8. The van der Waals surface area contributed by atoms with Crippen LogP contribution in [0.5, 0.6) is 5.88 Å². The molecule has 0 spiro atoms. The first kappa shape index (κ1) is 23.6. The number of benzene rings is 1. The van der Waals surface area contributed by atoms with E-state index in [9.17, 15) is 18.0 Å².